The quantitative estimate of drug-likeness (QED) is 0.349. The number of nitrogens with one attached hydrogen (secondary N) is 1. The molecule has 0 saturated heterocycles. The molecule has 8 heteroatoms. The normalized spacial score (nSPS) is 11.6. The van der Waals surface area contributed by atoms with Gasteiger partial charge >= 0.3 is 11.9 Å². The number of esters is 2. The van der Waals surface area contributed by atoms with Crippen molar-refractivity contribution in [1.82, 2.24) is 15.1 Å². The number of hydrogen-bond acceptors (Lipinski definition) is 6. The fourth-order valence-corrected chi connectivity index (χ4v) is 3.94. The summed E-state index contributed by atoms with van der Waals surface area (Å²) >= 11 is 0. The second kappa shape index (κ2) is 11.4. The molecular formula is C28H26FN3O4. The summed E-state index contributed by atoms with van der Waals surface area (Å²) in [6.07, 6.45) is 1.42. The molecule has 0 spiro atoms. The number of rotatable bonds is 9. The van der Waals surface area contributed by atoms with Crippen molar-refractivity contribution in [3.63, 3.8) is 0 Å². The average molecular weight is 488 g/mol. The number of aromatic nitrogens is 2. The minimum Gasteiger partial charge on any atom is -0.469 e. The standard InChI is InChI=1S/C28H26FN3O4/c1-35-26(33)16-25(28(34)36-2)30-17-21-18-31-32(27(21)23-10-6-7-11-24(23)29)22-14-12-20(13-15-22)19-8-4-3-5-9-19/h3-15,18,25,30H,16-17H2,1-2H3. The predicted molar refractivity (Wildman–Crippen MR) is 134 cm³/mol. The zero-order chi connectivity index (χ0) is 25.5. The number of halogens is 1. The van der Waals surface area contributed by atoms with E-state index in [1.54, 1.807) is 29.1 Å². The second-order valence-electron chi connectivity index (χ2n) is 8.06. The maximum Gasteiger partial charge on any atom is 0.323 e. The molecule has 0 amide bonds. The molecule has 4 aromatic rings. The van der Waals surface area contributed by atoms with Gasteiger partial charge in [-0.15, -0.1) is 0 Å². The maximum atomic E-state index is 14.9. The Hall–Kier alpha value is -4.30. The molecule has 1 atom stereocenters. The molecule has 0 aliphatic rings. The Balaban J connectivity index is 1.69. The van der Waals surface area contributed by atoms with Gasteiger partial charge in [0.05, 0.1) is 38.2 Å². The summed E-state index contributed by atoms with van der Waals surface area (Å²) in [5.74, 6) is -1.56. The summed E-state index contributed by atoms with van der Waals surface area (Å²) in [7, 11) is 2.50. The van der Waals surface area contributed by atoms with E-state index in [4.69, 9.17) is 4.74 Å². The number of ether oxygens (including phenoxy) is 2. The number of methoxy groups -OCH3 is 2. The molecule has 0 fully saturated rings. The molecule has 7 nitrogen and oxygen atoms in total. The van der Waals surface area contributed by atoms with Crippen LogP contribution < -0.4 is 5.32 Å². The van der Waals surface area contributed by atoms with Gasteiger partial charge in [-0.1, -0.05) is 54.6 Å². The van der Waals surface area contributed by atoms with Crippen LogP contribution in [0.25, 0.3) is 28.1 Å². The summed E-state index contributed by atoms with van der Waals surface area (Å²) in [5.41, 5.74) is 4.42. The van der Waals surface area contributed by atoms with Crippen LogP contribution in [0.2, 0.25) is 0 Å². The third-order valence-electron chi connectivity index (χ3n) is 5.82. The van der Waals surface area contributed by atoms with E-state index in [2.05, 4.69) is 15.2 Å². The molecule has 184 valence electrons. The number of benzene rings is 3. The first kappa shape index (κ1) is 24.8. The van der Waals surface area contributed by atoms with Crippen LogP contribution in [0.5, 0.6) is 0 Å². The van der Waals surface area contributed by atoms with Crippen LogP contribution in [0, 0.1) is 5.82 Å². The molecule has 0 aliphatic heterocycles. The van der Waals surface area contributed by atoms with Crippen molar-refractivity contribution in [2.45, 2.75) is 19.0 Å². The molecule has 0 saturated carbocycles. The van der Waals surface area contributed by atoms with Gasteiger partial charge in [0.15, 0.2) is 0 Å². The van der Waals surface area contributed by atoms with Gasteiger partial charge in [-0.05, 0) is 35.4 Å². The maximum absolute atomic E-state index is 14.9. The van der Waals surface area contributed by atoms with Crippen LogP contribution in [0.3, 0.4) is 0 Å². The minimum absolute atomic E-state index is 0.141. The van der Waals surface area contributed by atoms with Crippen LogP contribution in [0.15, 0.2) is 85.1 Å². The van der Waals surface area contributed by atoms with Crippen molar-refractivity contribution in [2.75, 3.05) is 14.2 Å². The SMILES string of the molecule is COC(=O)CC(NCc1cnn(-c2ccc(-c3ccccc3)cc2)c1-c1ccccc1F)C(=O)OC. The topological polar surface area (TPSA) is 82.5 Å². The number of carbonyl (C=O) groups excluding carboxylic acids is 2. The first-order valence-electron chi connectivity index (χ1n) is 11.4. The van der Waals surface area contributed by atoms with E-state index in [0.717, 1.165) is 16.8 Å². The summed E-state index contributed by atoms with van der Waals surface area (Å²) in [6, 6.07) is 23.3. The van der Waals surface area contributed by atoms with E-state index >= 15 is 0 Å². The summed E-state index contributed by atoms with van der Waals surface area (Å²) < 4.78 is 26.1. The van der Waals surface area contributed by atoms with Crippen molar-refractivity contribution in [1.29, 1.82) is 0 Å². The third kappa shape index (κ3) is 5.50. The number of hydrogen-bond donors (Lipinski definition) is 1. The second-order valence-corrected chi connectivity index (χ2v) is 8.06. The van der Waals surface area contributed by atoms with Crippen molar-refractivity contribution in [2.24, 2.45) is 0 Å². The molecule has 1 unspecified atom stereocenters. The van der Waals surface area contributed by atoms with Crippen LogP contribution in [0.4, 0.5) is 4.39 Å². The van der Waals surface area contributed by atoms with Gasteiger partial charge in [-0.25, -0.2) is 9.07 Å². The lowest BCUT2D eigenvalue weighted by Crippen LogP contribution is -2.39. The monoisotopic (exact) mass is 487 g/mol. The Morgan fingerprint density at radius 2 is 1.58 bits per heavy atom. The van der Waals surface area contributed by atoms with E-state index in [1.165, 1.54) is 20.3 Å². The lowest BCUT2D eigenvalue weighted by Gasteiger charge is -2.16. The number of nitrogens with zero attached hydrogens (tertiary/aromatic N) is 2. The van der Waals surface area contributed by atoms with Crippen LogP contribution in [-0.4, -0.2) is 42.0 Å². The minimum atomic E-state index is -0.926. The van der Waals surface area contributed by atoms with Crippen LogP contribution in [0.1, 0.15) is 12.0 Å². The largest absolute Gasteiger partial charge is 0.469 e. The Morgan fingerprint density at radius 1 is 0.917 bits per heavy atom. The van der Waals surface area contributed by atoms with Gasteiger partial charge in [0.2, 0.25) is 0 Å². The highest BCUT2D eigenvalue weighted by Crippen LogP contribution is 2.30. The fourth-order valence-electron chi connectivity index (χ4n) is 3.94. The Labute approximate surface area is 208 Å². The van der Waals surface area contributed by atoms with E-state index in [0.29, 0.717) is 16.8 Å². The third-order valence-corrected chi connectivity index (χ3v) is 5.82. The number of carbonyl (C=O) groups is 2. The predicted octanol–water partition coefficient (Wildman–Crippen LogP) is 4.54. The zero-order valence-corrected chi connectivity index (χ0v) is 20.0. The van der Waals surface area contributed by atoms with Gasteiger partial charge < -0.3 is 9.47 Å². The average Bonchev–Trinajstić information content (AvgIpc) is 3.34. The lowest BCUT2D eigenvalue weighted by atomic mass is 10.0. The molecule has 1 heterocycles. The summed E-state index contributed by atoms with van der Waals surface area (Å²) in [5, 5.41) is 7.55. The highest BCUT2D eigenvalue weighted by molar-refractivity contribution is 5.82. The molecule has 0 bridgehead atoms. The first-order valence-corrected chi connectivity index (χ1v) is 11.4. The van der Waals surface area contributed by atoms with Gasteiger partial charge in [0.25, 0.3) is 0 Å². The van der Waals surface area contributed by atoms with Crippen molar-refractivity contribution in [3.05, 3.63) is 96.4 Å². The fraction of sp³-hybridized carbons (Fsp3) is 0.179. The first-order chi connectivity index (χ1) is 17.5. The summed E-state index contributed by atoms with van der Waals surface area (Å²) in [4.78, 5) is 24.0. The van der Waals surface area contributed by atoms with Crippen LogP contribution >= 0.6 is 0 Å². The van der Waals surface area contributed by atoms with E-state index < -0.39 is 23.8 Å². The van der Waals surface area contributed by atoms with Crippen LogP contribution in [-0.2, 0) is 25.6 Å². The molecule has 0 radical (unpaired) electrons. The summed E-state index contributed by atoms with van der Waals surface area (Å²) in [6.45, 7) is 0.141. The molecule has 36 heavy (non-hydrogen) atoms. The van der Waals surface area contributed by atoms with E-state index in [9.17, 15) is 14.0 Å². The molecule has 1 aromatic heterocycles. The molecule has 0 aliphatic carbocycles. The van der Waals surface area contributed by atoms with Gasteiger partial charge in [0, 0.05) is 17.7 Å². The Morgan fingerprint density at radius 3 is 2.25 bits per heavy atom. The smallest absolute Gasteiger partial charge is 0.323 e. The van der Waals surface area contributed by atoms with Gasteiger partial charge in [0.1, 0.15) is 11.9 Å². The van der Waals surface area contributed by atoms with Crippen molar-refractivity contribution >= 4 is 11.9 Å². The Kier molecular flexibility index (Phi) is 7.87. The van der Waals surface area contributed by atoms with Gasteiger partial charge in [-0.3, -0.25) is 14.9 Å². The molecule has 1 N–H and O–H groups in total. The van der Waals surface area contributed by atoms with Gasteiger partial charge in [-0.2, -0.15) is 5.10 Å². The lowest BCUT2D eigenvalue weighted by molar-refractivity contribution is -0.149. The molecular weight excluding hydrogens is 461 g/mol. The van der Waals surface area contributed by atoms with E-state index in [-0.39, 0.29) is 13.0 Å². The highest BCUT2D eigenvalue weighted by atomic mass is 19.1. The van der Waals surface area contributed by atoms with E-state index in [1.807, 2.05) is 54.6 Å². The molecule has 3 aromatic carbocycles. The molecule has 4 rings (SSSR count). The highest BCUT2D eigenvalue weighted by Gasteiger charge is 2.24. The zero-order valence-electron chi connectivity index (χ0n) is 20.0. The van der Waals surface area contributed by atoms with Crippen molar-refractivity contribution < 1.29 is 23.5 Å². The Bertz CT molecular complexity index is 1340. The van der Waals surface area contributed by atoms with Crippen molar-refractivity contribution in [3.8, 4) is 28.1 Å².